The number of hydrogen-bond acceptors (Lipinski definition) is 2. The lowest BCUT2D eigenvalue weighted by Gasteiger charge is -2.29. The highest BCUT2D eigenvalue weighted by molar-refractivity contribution is 5.85. The summed E-state index contributed by atoms with van der Waals surface area (Å²) in [6, 6.07) is -0.833. The summed E-state index contributed by atoms with van der Waals surface area (Å²) in [6.07, 6.45) is 3.63. The predicted molar refractivity (Wildman–Crippen MR) is 72.3 cm³/mol. The Morgan fingerprint density at radius 1 is 1.22 bits per heavy atom. The molecule has 18 heavy (non-hydrogen) atoms. The van der Waals surface area contributed by atoms with Crippen LogP contribution in [0, 0.1) is 11.3 Å². The van der Waals surface area contributed by atoms with E-state index in [1.807, 2.05) is 27.7 Å². The summed E-state index contributed by atoms with van der Waals surface area (Å²) in [5, 5.41) is 11.9. The zero-order chi connectivity index (χ0) is 14.3. The first-order chi connectivity index (χ1) is 8.23. The van der Waals surface area contributed by atoms with E-state index in [4.69, 9.17) is 0 Å². The smallest absolute Gasteiger partial charge is 0.326 e. The predicted octanol–water partition coefficient (Wildman–Crippen LogP) is 2.82. The van der Waals surface area contributed by atoms with Gasteiger partial charge in [0.15, 0.2) is 0 Å². The fraction of sp³-hybridized carbons (Fsp3) is 0.857. The fourth-order valence-corrected chi connectivity index (χ4v) is 1.88. The first-order valence-electron chi connectivity index (χ1n) is 6.77. The molecule has 0 rings (SSSR count). The molecular weight excluding hydrogens is 230 g/mol. The van der Waals surface area contributed by atoms with Crippen molar-refractivity contribution in [2.45, 2.75) is 66.3 Å². The highest BCUT2D eigenvalue weighted by Crippen LogP contribution is 2.21. The Kier molecular flexibility index (Phi) is 6.96. The van der Waals surface area contributed by atoms with E-state index in [2.05, 4.69) is 12.2 Å². The van der Waals surface area contributed by atoms with Gasteiger partial charge in [-0.15, -0.1) is 0 Å². The van der Waals surface area contributed by atoms with Gasteiger partial charge in [-0.2, -0.15) is 0 Å². The van der Waals surface area contributed by atoms with E-state index in [1.165, 1.54) is 0 Å². The number of carbonyl (C=O) groups is 2. The van der Waals surface area contributed by atoms with Gasteiger partial charge >= 0.3 is 5.97 Å². The molecule has 0 aliphatic heterocycles. The molecule has 1 unspecified atom stereocenters. The lowest BCUT2D eigenvalue weighted by atomic mass is 9.86. The van der Waals surface area contributed by atoms with Gasteiger partial charge in [0, 0.05) is 5.92 Å². The molecule has 4 heteroatoms. The summed E-state index contributed by atoms with van der Waals surface area (Å²) in [5.74, 6) is -1.18. The molecule has 0 aliphatic carbocycles. The molecule has 4 nitrogen and oxygen atoms in total. The molecule has 0 bridgehead atoms. The van der Waals surface area contributed by atoms with Gasteiger partial charge in [0.05, 0.1) is 0 Å². The number of carbonyl (C=O) groups excluding carboxylic acids is 1. The van der Waals surface area contributed by atoms with Gasteiger partial charge in [-0.3, -0.25) is 4.79 Å². The Balaban J connectivity index is 4.62. The molecule has 0 spiro atoms. The van der Waals surface area contributed by atoms with Crippen molar-refractivity contribution in [1.29, 1.82) is 0 Å². The van der Waals surface area contributed by atoms with Crippen LogP contribution in [0.1, 0.15) is 60.3 Å². The normalized spacial score (nSPS) is 14.9. The lowest BCUT2D eigenvalue weighted by molar-refractivity contribution is -0.145. The molecule has 0 aromatic rings. The number of aliphatic carboxylic acids is 1. The van der Waals surface area contributed by atoms with Crippen LogP contribution in [-0.4, -0.2) is 23.0 Å². The quantitative estimate of drug-likeness (QED) is 0.737. The standard InChI is InChI=1S/C14H27NO3/c1-6-8-9-10(7-2)12(16)15-11(13(17)18)14(3,4)5/h10-11H,6-9H2,1-5H3,(H,15,16)(H,17,18)/t10?,11-/m1/s1. The van der Waals surface area contributed by atoms with E-state index in [1.54, 1.807) is 0 Å². The average molecular weight is 257 g/mol. The summed E-state index contributed by atoms with van der Waals surface area (Å²) in [7, 11) is 0. The first kappa shape index (κ1) is 16.9. The number of carboxylic acids is 1. The molecule has 106 valence electrons. The second-order valence-electron chi connectivity index (χ2n) is 5.89. The molecule has 0 fully saturated rings. The first-order valence-corrected chi connectivity index (χ1v) is 6.77. The third-order valence-corrected chi connectivity index (χ3v) is 3.17. The maximum Gasteiger partial charge on any atom is 0.326 e. The number of carboxylic acid groups (broad SMARTS) is 1. The van der Waals surface area contributed by atoms with Crippen molar-refractivity contribution in [3.63, 3.8) is 0 Å². The Labute approximate surface area is 110 Å². The highest BCUT2D eigenvalue weighted by Gasteiger charge is 2.33. The largest absolute Gasteiger partial charge is 0.480 e. The summed E-state index contributed by atoms with van der Waals surface area (Å²) >= 11 is 0. The third kappa shape index (κ3) is 5.52. The highest BCUT2D eigenvalue weighted by atomic mass is 16.4. The topological polar surface area (TPSA) is 66.4 Å². The van der Waals surface area contributed by atoms with Crippen molar-refractivity contribution in [2.24, 2.45) is 11.3 Å². The maximum absolute atomic E-state index is 12.1. The minimum atomic E-state index is -0.971. The van der Waals surface area contributed by atoms with E-state index in [0.717, 1.165) is 25.7 Å². The zero-order valence-corrected chi connectivity index (χ0v) is 12.2. The Bertz CT molecular complexity index is 281. The molecule has 0 aromatic carbocycles. The van der Waals surface area contributed by atoms with Crippen molar-refractivity contribution in [3.05, 3.63) is 0 Å². The number of rotatable bonds is 7. The molecule has 0 aromatic heterocycles. The number of unbranched alkanes of at least 4 members (excludes halogenated alkanes) is 1. The molecule has 0 aliphatic rings. The molecule has 0 saturated carbocycles. The minimum Gasteiger partial charge on any atom is -0.480 e. The molecule has 0 radical (unpaired) electrons. The van der Waals surface area contributed by atoms with Crippen LogP contribution >= 0.6 is 0 Å². The van der Waals surface area contributed by atoms with E-state index in [0.29, 0.717) is 0 Å². The molecule has 0 heterocycles. The summed E-state index contributed by atoms with van der Waals surface area (Å²) in [5.41, 5.74) is -0.482. The Morgan fingerprint density at radius 3 is 2.11 bits per heavy atom. The van der Waals surface area contributed by atoms with Gasteiger partial charge in [-0.25, -0.2) is 4.79 Å². The molecule has 0 saturated heterocycles. The molecule has 2 atom stereocenters. The van der Waals surface area contributed by atoms with E-state index in [-0.39, 0.29) is 11.8 Å². The SMILES string of the molecule is CCCCC(CC)C(=O)N[C@H](C(=O)O)C(C)(C)C. The Morgan fingerprint density at radius 2 is 1.78 bits per heavy atom. The number of amides is 1. The van der Waals surface area contributed by atoms with Crippen LogP contribution in [0.5, 0.6) is 0 Å². The van der Waals surface area contributed by atoms with Gasteiger partial charge in [0.1, 0.15) is 6.04 Å². The molecular formula is C14H27NO3. The maximum atomic E-state index is 12.1. The van der Waals surface area contributed by atoms with Gasteiger partial charge in [-0.05, 0) is 18.3 Å². The van der Waals surface area contributed by atoms with Gasteiger partial charge in [0.2, 0.25) is 5.91 Å². The monoisotopic (exact) mass is 257 g/mol. The van der Waals surface area contributed by atoms with Crippen LogP contribution in [0.15, 0.2) is 0 Å². The van der Waals surface area contributed by atoms with E-state index < -0.39 is 17.4 Å². The third-order valence-electron chi connectivity index (χ3n) is 3.17. The lowest BCUT2D eigenvalue weighted by Crippen LogP contribution is -2.50. The summed E-state index contributed by atoms with van der Waals surface area (Å²) in [6.45, 7) is 9.50. The van der Waals surface area contributed by atoms with Crippen LogP contribution in [0.25, 0.3) is 0 Å². The molecule has 2 N–H and O–H groups in total. The molecule has 1 amide bonds. The average Bonchev–Trinajstić information content (AvgIpc) is 2.24. The van der Waals surface area contributed by atoms with Crippen molar-refractivity contribution in [3.8, 4) is 0 Å². The fourth-order valence-electron chi connectivity index (χ4n) is 1.88. The van der Waals surface area contributed by atoms with Crippen molar-refractivity contribution in [2.75, 3.05) is 0 Å². The van der Waals surface area contributed by atoms with Crippen LogP contribution in [-0.2, 0) is 9.59 Å². The van der Waals surface area contributed by atoms with Crippen LogP contribution in [0.2, 0.25) is 0 Å². The summed E-state index contributed by atoms with van der Waals surface area (Å²) < 4.78 is 0. The summed E-state index contributed by atoms with van der Waals surface area (Å²) in [4.78, 5) is 23.3. The minimum absolute atomic E-state index is 0.0749. The van der Waals surface area contributed by atoms with Crippen molar-refractivity contribution >= 4 is 11.9 Å². The Hall–Kier alpha value is -1.06. The van der Waals surface area contributed by atoms with Crippen LogP contribution < -0.4 is 5.32 Å². The van der Waals surface area contributed by atoms with E-state index in [9.17, 15) is 14.7 Å². The number of nitrogens with one attached hydrogen (secondary N) is 1. The second-order valence-corrected chi connectivity index (χ2v) is 5.89. The van der Waals surface area contributed by atoms with Gasteiger partial charge in [0.25, 0.3) is 0 Å². The number of hydrogen-bond donors (Lipinski definition) is 2. The van der Waals surface area contributed by atoms with Crippen molar-refractivity contribution < 1.29 is 14.7 Å². The zero-order valence-electron chi connectivity index (χ0n) is 12.2. The second kappa shape index (κ2) is 7.39. The van der Waals surface area contributed by atoms with Gasteiger partial charge in [-0.1, -0.05) is 47.5 Å². The van der Waals surface area contributed by atoms with Crippen LogP contribution in [0.4, 0.5) is 0 Å². The van der Waals surface area contributed by atoms with Crippen molar-refractivity contribution in [1.82, 2.24) is 5.32 Å². The van der Waals surface area contributed by atoms with E-state index >= 15 is 0 Å². The van der Waals surface area contributed by atoms with Gasteiger partial charge < -0.3 is 10.4 Å². The van der Waals surface area contributed by atoms with Crippen LogP contribution in [0.3, 0.4) is 0 Å².